The van der Waals surface area contributed by atoms with Crippen LogP contribution in [0.1, 0.15) is 62.0 Å². The minimum absolute atomic E-state index is 0.168. The van der Waals surface area contributed by atoms with Gasteiger partial charge < -0.3 is 19.7 Å². The molecule has 0 bridgehead atoms. The van der Waals surface area contributed by atoms with E-state index in [9.17, 15) is 9.59 Å². The van der Waals surface area contributed by atoms with Gasteiger partial charge in [-0.15, -0.1) is 0 Å². The van der Waals surface area contributed by atoms with Gasteiger partial charge in [-0.3, -0.25) is 4.79 Å². The summed E-state index contributed by atoms with van der Waals surface area (Å²) in [5.41, 5.74) is 0.949. The number of benzene rings is 1. The molecule has 2 amide bonds. The molecule has 8 heteroatoms. The van der Waals surface area contributed by atoms with E-state index in [0.29, 0.717) is 35.5 Å². The van der Waals surface area contributed by atoms with E-state index in [-0.39, 0.29) is 18.0 Å². The molecule has 0 radical (unpaired) electrons. The third-order valence-corrected chi connectivity index (χ3v) is 5.87. The molecule has 0 spiro atoms. The standard InChI is InChI=1S/C25H32ClN3O4/c1-25(2,3)33-24(31)29-13-11-17(12-14-29)15-21(19-7-10-22(32-4)27-16-19)28-23(30)18-5-8-20(26)9-6-18/h5-10,16-17,21H,11-15H2,1-4H3,(H,28,30)/t21-/m0/s1. The first kappa shape index (κ1) is 24.8. The van der Waals surface area contributed by atoms with E-state index < -0.39 is 5.60 Å². The third kappa shape index (κ3) is 7.35. The van der Waals surface area contributed by atoms with Gasteiger partial charge in [-0.05, 0) is 75.8 Å². The van der Waals surface area contributed by atoms with Crippen LogP contribution in [0.2, 0.25) is 5.02 Å². The quantitative estimate of drug-likeness (QED) is 0.619. The highest BCUT2D eigenvalue weighted by molar-refractivity contribution is 6.30. The maximum Gasteiger partial charge on any atom is 0.410 e. The van der Waals surface area contributed by atoms with Gasteiger partial charge in [-0.25, -0.2) is 9.78 Å². The van der Waals surface area contributed by atoms with Crippen molar-refractivity contribution in [3.05, 3.63) is 58.7 Å². The van der Waals surface area contributed by atoms with Crippen molar-refractivity contribution in [3.8, 4) is 5.88 Å². The molecule has 1 atom stereocenters. The minimum atomic E-state index is -0.508. The zero-order valence-corrected chi connectivity index (χ0v) is 20.4. The molecule has 1 aromatic carbocycles. The van der Waals surface area contributed by atoms with Crippen LogP contribution < -0.4 is 10.1 Å². The van der Waals surface area contributed by atoms with Gasteiger partial charge in [-0.1, -0.05) is 17.7 Å². The molecule has 7 nitrogen and oxygen atoms in total. The van der Waals surface area contributed by atoms with Gasteiger partial charge in [0.1, 0.15) is 5.60 Å². The van der Waals surface area contributed by atoms with Crippen LogP contribution >= 0.6 is 11.6 Å². The van der Waals surface area contributed by atoms with Crippen molar-refractivity contribution in [1.29, 1.82) is 0 Å². The second kappa shape index (κ2) is 10.9. The van der Waals surface area contributed by atoms with E-state index >= 15 is 0 Å². The number of carbonyl (C=O) groups excluding carboxylic acids is 2. The van der Waals surface area contributed by atoms with Crippen LogP contribution in [0.25, 0.3) is 0 Å². The average molecular weight is 474 g/mol. The number of nitrogens with zero attached hydrogens (tertiary/aromatic N) is 2. The first-order valence-corrected chi connectivity index (χ1v) is 11.6. The second-order valence-electron chi connectivity index (χ2n) is 9.31. The fourth-order valence-electron chi connectivity index (χ4n) is 3.85. The summed E-state index contributed by atoms with van der Waals surface area (Å²) in [5.74, 6) is 0.701. The van der Waals surface area contributed by atoms with Crippen molar-refractivity contribution < 1.29 is 19.1 Å². The highest BCUT2D eigenvalue weighted by Crippen LogP contribution is 2.30. The zero-order valence-electron chi connectivity index (χ0n) is 19.6. The molecule has 2 aromatic rings. The van der Waals surface area contributed by atoms with Crippen molar-refractivity contribution in [2.45, 2.75) is 51.7 Å². The van der Waals surface area contributed by atoms with E-state index in [1.165, 1.54) is 0 Å². The molecule has 1 aromatic heterocycles. The number of likely N-dealkylation sites (tertiary alicyclic amines) is 1. The Kier molecular flexibility index (Phi) is 8.19. The smallest absolute Gasteiger partial charge is 0.410 e. The minimum Gasteiger partial charge on any atom is -0.481 e. The van der Waals surface area contributed by atoms with Gasteiger partial charge in [-0.2, -0.15) is 0 Å². The van der Waals surface area contributed by atoms with Crippen molar-refractivity contribution >= 4 is 23.6 Å². The monoisotopic (exact) mass is 473 g/mol. The average Bonchev–Trinajstić information content (AvgIpc) is 2.78. The Labute approximate surface area is 200 Å². The lowest BCUT2D eigenvalue weighted by Crippen LogP contribution is -2.42. The lowest BCUT2D eigenvalue weighted by Gasteiger charge is -2.35. The summed E-state index contributed by atoms with van der Waals surface area (Å²) in [6.07, 6.45) is 3.90. The highest BCUT2D eigenvalue weighted by Gasteiger charge is 2.29. The molecular formula is C25H32ClN3O4. The molecule has 1 saturated heterocycles. The summed E-state index contributed by atoms with van der Waals surface area (Å²) in [6.45, 7) is 6.88. The van der Waals surface area contributed by atoms with Gasteiger partial charge in [0.05, 0.1) is 13.2 Å². The first-order valence-electron chi connectivity index (χ1n) is 11.2. The molecular weight excluding hydrogens is 442 g/mol. The number of hydrogen-bond acceptors (Lipinski definition) is 5. The van der Waals surface area contributed by atoms with Crippen LogP contribution in [0, 0.1) is 5.92 Å². The van der Waals surface area contributed by atoms with E-state index in [1.807, 2.05) is 26.8 Å². The number of piperidine rings is 1. The van der Waals surface area contributed by atoms with Gasteiger partial charge in [0.25, 0.3) is 5.91 Å². The van der Waals surface area contributed by atoms with E-state index in [4.69, 9.17) is 21.1 Å². The van der Waals surface area contributed by atoms with E-state index in [2.05, 4.69) is 10.3 Å². The number of aromatic nitrogens is 1. The fourth-order valence-corrected chi connectivity index (χ4v) is 3.98. The highest BCUT2D eigenvalue weighted by atomic mass is 35.5. The molecule has 2 heterocycles. The lowest BCUT2D eigenvalue weighted by atomic mass is 9.88. The SMILES string of the molecule is COc1ccc([C@H](CC2CCN(C(=O)OC(C)(C)C)CC2)NC(=O)c2ccc(Cl)cc2)cn1. The van der Waals surface area contributed by atoms with Gasteiger partial charge in [0, 0.05) is 35.9 Å². The number of hydrogen-bond donors (Lipinski definition) is 1. The molecule has 0 aliphatic carbocycles. The number of nitrogens with one attached hydrogen (secondary N) is 1. The molecule has 1 aliphatic heterocycles. The van der Waals surface area contributed by atoms with Crippen LogP contribution in [0.15, 0.2) is 42.6 Å². The zero-order chi connectivity index (χ0) is 24.0. The van der Waals surface area contributed by atoms with Crippen LogP contribution in [0.3, 0.4) is 0 Å². The van der Waals surface area contributed by atoms with Crippen molar-refractivity contribution in [1.82, 2.24) is 15.2 Å². The molecule has 1 fully saturated rings. The normalized spacial score (nSPS) is 15.6. The Morgan fingerprint density at radius 1 is 1.15 bits per heavy atom. The Bertz CT molecular complexity index is 934. The molecule has 3 rings (SSSR count). The summed E-state index contributed by atoms with van der Waals surface area (Å²) >= 11 is 5.96. The van der Waals surface area contributed by atoms with Crippen molar-refractivity contribution in [3.63, 3.8) is 0 Å². The van der Waals surface area contributed by atoms with Gasteiger partial charge in [0.15, 0.2) is 0 Å². The molecule has 1 N–H and O–H groups in total. The summed E-state index contributed by atoms with van der Waals surface area (Å²) < 4.78 is 10.7. The first-order chi connectivity index (χ1) is 15.6. The predicted molar refractivity (Wildman–Crippen MR) is 128 cm³/mol. The molecule has 33 heavy (non-hydrogen) atoms. The summed E-state index contributed by atoms with van der Waals surface area (Å²) in [7, 11) is 1.57. The van der Waals surface area contributed by atoms with Crippen LogP contribution in [0.4, 0.5) is 4.79 Å². The van der Waals surface area contributed by atoms with Crippen LogP contribution in [-0.4, -0.2) is 47.7 Å². The number of pyridine rings is 1. The number of carbonyl (C=O) groups is 2. The summed E-state index contributed by atoms with van der Waals surface area (Å²) in [6, 6.07) is 10.3. The summed E-state index contributed by atoms with van der Waals surface area (Å²) in [4.78, 5) is 31.4. The Morgan fingerprint density at radius 3 is 2.36 bits per heavy atom. The lowest BCUT2D eigenvalue weighted by molar-refractivity contribution is 0.0178. The van der Waals surface area contributed by atoms with Crippen molar-refractivity contribution in [2.75, 3.05) is 20.2 Å². The number of rotatable bonds is 6. The number of ether oxygens (including phenoxy) is 2. The number of methoxy groups -OCH3 is 1. The summed E-state index contributed by atoms with van der Waals surface area (Å²) in [5, 5.41) is 3.73. The molecule has 0 saturated carbocycles. The van der Waals surface area contributed by atoms with Crippen LogP contribution in [0.5, 0.6) is 5.88 Å². The Balaban J connectivity index is 1.67. The Hall–Kier alpha value is -2.80. The van der Waals surface area contributed by atoms with Crippen molar-refractivity contribution in [2.24, 2.45) is 5.92 Å². The maximum absolute atomic E-state index is 12.9. The van der Waals surface area contributed by atoms with Crippen LogP contribution in [-0.2, 0) is 4.74 Å². The second-order valence-corrected chi connectivity index (χ2v) is 9.75. The number of halogens is 1. The molecule has 0 unspecified atom stereocenters. The topological polar surface area (TPSA) is 80.8 Å². The van der Waals surface area contributed by atoms with Gasteiger partial charge in [0.2, 0.25) is 5.88 Å². The molecule has 1 aliphatic rings. The van der Waals surface area contributed by atoms with E-state index in [0.717, 1.165) is 24.8 Å². The molecule has 178 valence electrons. The fraction of sp³-hybridized carbons (Fsp3) is 0.480. The third-order valence-electron chi connectivity index (χ3n) is 5.62. The van der Waals surface area contributed by atoms with E-state index in [1.54, 1.807) is 48.5 Å². The predicted octanol–water partition coefficient (Wildman–Crippen LogP) is 5.25. The van der Waals surface area contributed by atoms with Gasteiger partial charge >= 0.3 is 6.09 Å². The number of amides is 2. The Morgan fingerprint density at radius 2 is 1.82 bits per heavy atom. The maximum atomic E-state index is 12.9. The largest absolute Gasteiger partial charge is 0.481 e.